The van der Waals surface area contributed by atoms with Crippen LogP contribution in [0, 0.1) is 0 Å². The van der Waals surface area contributed by atoms with Gasteiger partial charge in [-0.1, -0.05) is 161 Å². The Bertz CT molecular complexity index is 929. The zero-order valence-electron chi connectivity index (χ0n) is 25.4. The van der Waals surface area contributed by atoms with Crippen LogP contribution >= 0.6 is 15.8 Å². The van der Waals surface area contributed by atoms with E-state index in [9.17, 15) is 0 Å². The van der Waals surface area contributed by atoms with Gasteiger partial charge in [-0.2, -0.15) is 0 Å². The Labute approximate surface area is 221 Å². The van der Waals surface area contributed by atoms with Crippen LogP contribution in [-0.4, -0.2) is 20.6 Å². The second-order valence-electron chi connectivity index (χ2n) is 14.8. The average Bonchev–Trinajstić information content (AvgIpc) is 2.67. The first-order valence-electron chi connectivity index (χ1n) is 13.4. The Kier molecular flexibility index (Phi) is 9.23. The molecule has 0 amide bonds. The van der Waals surface area contributed by atoms with E-state index in [0.29, 0.717) is 20.6 Å². The van der Waals surface area contributed by atoms with E-state index in [2.05, 4.69) is 145 Å². The van der Waals surface area contributed by atoms with Gasteiger partial charge in [0.15, 0.2) is 0 Å². The molecule has 0 bridgehead atoms. The van der Waals surface area contributed by atoms with Crippen LogP contribution in [0.1, 0.15) is 119 Å². The van der Waals surface area contributed by atoms with Crippen molar-refractivity contribution < 1.29 is 0 Å². The van der Waals surface area contributed by atoms with Crippen LogP contribution in [0.3, 0.4) is 0 Å². The van der Waals surface area contributed by atoms with Crippen molar-refractivity contribution in [2.75, 3.05) is 0 Å². The molecule has 0 atom stereocenters. The second-order valence-corrected chi connectivity index (χ2v) is 22.5. The first kappa shape index (κ1) is 30.5. The summed E-state index contributed by atoms with van der Waals surface area (Å²) in [7, 11) is -0.403. The van der Waals surface area contributed by atoms with Crippen LogP contribution < -0.4 is 0 Å². The number of hydrogen-bond acceptors (Lipinski definition) is 0. The third-order valence-corrected chi connectivity index (χ3v) is 15.1. The summed E-state index contributed by atoms with van der Waals surface area (Å²) in [6, 6.07) is 18.5. The summed E-state index contributed by atoms with van der Waals surface area (Å²) in [6.45, 7) is 34.2. The van der Waals surface area contributed by atoms with Gasteiger partial charge in [-0.25, -0.2) is 0 Å². The van der Waals surface area contributed by atoms with Gasteiger partial charge in [-0.3, -0.25) is 0 Å². The highest BCUT2D eigenvalue weighted by atomic mass is 31.1. The van der Waals surface area contributed by atoms with Crippen molar-refractivity contribution in [3.05, 3.63) is 70.8 Å². The second kappa shape index (κ2) is 10.6. The lowest BCUT2D eigenvalue weighted by molar-refractivity contribution is 0.639. The van der Waals surface area contributed by atoms with Gasteiger partial charge in [0.1, 0.15) is 0 Å². The molecule has 2 heteroatoms. The molecule has 0 aromatic heterocycles. The van der Waals surface area contributed by atoms with E-state index < -0.39 is 0 Å². The van der Waals surface area contributed by atoms with Crippen LogP contribution in [0.15, 0.2) is 48.5 Å². The lowest BCUT2D eigenvalue weighted by Crippen LogP contribution is -2.27. The molecule has 0 heterocycles. The van der Waals surface area contributed by atoms with Gasteiger partial charge in [-0.05, 0) is 55.2 Å². The fourth-order valence-electron chi connectivity index (χ4n) is 5.64. The van der Waals surface area contributed by atoms with E-state index in [1.54, 1.807) is 11.1 Å². The zero-order valence-corrected chi connectivity index (χ0v) is 27.2. The molecule has 0 aliphatic rings. The van der Waals surface area contributed by atoms with Crippen molar-refractivity contribution >= 4 is 15.8 Å². The predicted octanol–water partition coefficient (Wildman–Crippen LogP) is 11.2. The van der Waals surface area contributed by atoms with Crippen LogP contribution in [0.5, 0.6) is 0 Å². The first-order chi connectivity index (χ1) is 15.6. The largest absolute Gasteiger partial charge is 0.0911 e. The number of rotatable bonds is 6. The third kappa shape index (κ3) is 7.89. The normalized spacial score (nSPS) is 14.2. The predicted molar refractivity (Wildman–Crippen MR) is 165 cm³/mol. The summed E-state index contributed by atoms with van der Waals surface area (Å²) in [6.07, 6.45) is 2.41. The summed E-state index contributed by atoms with van der Waals surface area (Å²) in [5, 5.41) is 1.28. The number of benzene rings is 2. The lowest BCUT2D eigenvalue weighted by atomic mass is 9.77. The Balaban J connectivity index is 2.68. The highest BCUT2D eigenvalue weighted by molar-refractivity contribution is 7.60. The quantitative estimate of drug-likeness (QED) is 0.338. The summed E-state index contributed by atoms with van der Waals surface area (Å²) in [5.74, 6) is 0. The van der Waals surface area contributed by atoms with Crippen molar-refractivity contribution in [1.82, 2.24) is 0 Å². The summed E-state index contributed by atoms with van der Waals surface area (Å²) in [5.41, 5.74) is 6.01. The topological polar surface area (TPSA) is 0 Å². The molecule has 2 aromatic carbocycles. The van der Waals surface area contributed by atoms with E-state index in [1.807, 2.05) is 0 Å². The van der Waals surface area contributed by atoms with Gasteiger partial charge in [0.2, 0.25) is 0 Å². The van der Waals surface area contributed by atoms with Gasteiger partial charge < -0.3 is 0 Å². The lowest BCUT2D eigenvalue weighted by Gasteiger charge is -2.44. The minimum absolute atomic E-state index is 0.0143. The molecule has 196 valence electrons. The Hall–Kier alpha value is -0.700. The Morgan fingerprint density at radius 2 is 0.857 bits per heavy atom. The molecule has 0 nitrogen and oxygen atoms in total. The van der Waals surface area contributed by atoms with E-state index in [-0.39, 0.29) is 21.3 Å². The van der Waals surface area contributed by atoms with Gasteiger partial charge in [0.05, 0.1) is 0 Å². The van der Waals surface area contributed by atoms with Gasteiger partial charge in [0.25, 0.3) is 0 Å². The molecule has 0 N–H and O–H groups in total. The molecule has 2 rings (SSSR count). The standard InChI is InChI=1S/C33H54P2/c1-29(2,3)34(30(4,5)6)23-25-20-21-28(33(13,14)27-18-16-15-17-19-27)22-26(25)24-35(31(7,8)9)32(10,11)12/h15-22H,23-24H2,1-14H3. The van der Waals surface area contributed by atoms with E-state index in [4.69, 9.17) is 0 Å². The summed E-state index contributed by atoms with van der Waals surface area (Å²) in [4.78, 5) is 0. The highest BCUT2D eigenvalue weighted by Crippen LogP contribution is 2.64. The van der Waals surface area contributed by atoms with Gasteiger partial charge in [-0.15, -0.1) is 0 Å². The average molecular weight is 513 g/mol. The molecular weight excluding hydrogens is 458 g/mol. The third-order valence-electron chi connectivity index (χ3n) is 7.32. The van der Waals surface area contributed by atoms with E-state index in [0.717, 1.165) is 0 Å². The molecule has 0 radical (unpaired) electrons. The molecule has 0 aliphatic carbocycles. The molecular formula is C33H54P2. The SMILES string of the molecule is CC(C)(c1ccccc1)c1ccc(CP(C(C)(C)C)C(C)(C)C)c(CP(C(C)(C)C)C(C)(C)C)c1. The van der Waals surface area contributed by atoms with Crippen molar-refractivity contribution in [3.63, 3.8) is 0 Å². The van der Waals surface area contributed by atoms with Crippen molar-refractivity contribution in [1.29, 1.82) is 0 Å². The van der Waals surface area contributed by atoms with Crippen molar-refractivity contribution in [2.24, 2.45) is 0 Å². The molecule has 0 saturated carbocycles. The first-order valence-corrected chi connectivity index (χ1v) is 16.4. The van der Waals surface area contributed by atoms with E-state index >= 15 is 0 Å². The maximum absolute atomic E-state index is 2.59. The zero-order chi connectivity index (χ0) is 27.0. The van der Waals surface area contributed by atoms with Gasteiger partial charge >= 0.3 is 0 Å². The smallest absolute Gasteiger partial charge is 0.0146 e. The van der Waals surface area contributed by atoms with Gasteiger partial charge in [0, 0.05) is 5.41 Å². The Morgan fingerprint density at radius 3 is 1.26 bits per heavy atom. The molecule has 0 unspecified atom stereocenters. The molecule has 2 aromatic rings. The maximum Gasteiger partial charge on any atom is 0.0146 e. The van der Waals surface area contributed by atoms with E-state index in [1.165, 1.54) is 23.5 Å². The van der Waals surface area contributed by atoms with Crippen molar-refractivity contribution in [3.8, 4) is 0 Å². The minimum Gasteiger partial charge on any atom is -0.0911 e. The molecule has 35 heavy (non-hydrogen) atoms. The van der Waals surface area contributed by atoms with Crippen molar-refractivity contribution in [2.45, 2.75) is 135 Å². The molecule has 0 aliphatic heterocycles. The maximum atomic E-state index is 2.59. The number of hydrogen-bond donors (Lipinski definition) is 0. The van der Waals surface area contributed by atoms with Crippen LogP contribution in [0.4, 0.5) is 0 Å². The summed E-state index contributed by atoms with van der Waals surface area (Å²) >= 11 is 0. The van der Waals surface area contributed by atoms with Crippen LogP contribution in [0.2, 0.25) is 0 Å². The van der Waals surface area contributed by atoms with Crippen LogP contribution in [-0.2, 0) is 17.7 Å². The van der Waals surface area contributed by atoms with Crippen LogP contribution in [0.25, 0.3) is 0 Å². The highest BCUT2D eigenvalue weighted by Gasteiger charge is 2.37. The Morgan fingerprint density at radius 1 is 0.457 bits per heavy atom. The molecule has 0 spiro atoms. The fraction of sp³-hybridized carbons (Fsp3) is 0.636. The summed E-state index contributed by atoms with van der Waals surface area (Å²) < 4.78 is 0. The minimum atomic E-state index is -0.212. The molecule has 0 fully saturated rings. The fourth-order valence-corrected chi connectivity index (χ4v) is 12.8. The molecule has 0 saturated heterocycles. The monoisotopic (exact) mass is 512 g/mol.